The van der Waals surface area contributed by atoms with Gasteiger partial charge in [-0.3, -0.25) is 10.1 Å². The number of hydrogen-bond acceptors (Lipinski definition) is 4. The van der Waals surface area contributed by atoms with Gasteiger partial charge >= 0.3 is 0 Å². The molecule has 0 fully saturated rings. The van der Waals surface area contributed by atoms with Gasteiger partial charge in [-0.25, -0.2) is 0 Å². The molecule has 3 rings (SSSR count). The molecule has 2 unspecified atom stereocenters. The molecule has 0 aromatic heterocycles. The molecule has 0 bridgehead atoms. The van der Waals surface area contributed by atoms with E-state index in [2.05, 4.69) is 6.07 Å². The predicted octanol–water partition coefficient (Wildman–Crippen LogP) is 5.13. The van der Waals surface area contributed by atoms with Crippen molar-refractivity contribution in [3.8, 4) is 6.07 Å². The number of rotatable bonds is 6. The summed E-state index contributed by atoms with van der Waals surface area (Å²) in [7, 11) is 3.90. The van der Waals surface area contributed by atoms with E-state index in [0.717, 1.165) is 22.4 Å². The van der Waals surface area contributed by atoms with Crippen LogP contribution in [0.2, 0.25) is 0 Å². The first-order valence-electron chi connectivity index (χ1n) is 9.59. The van der Waals surface area contributed by atoms with Crippen LogP contribution in [0.3, 0.4) is 0 Å². The molecular weight excluding hydrogens is 374 g/mol. The van der Waals surface area contributed by atoms with Gasteiger partial charge in [0.25, 0.3) is 5.54 Å². The van der Waals surface area contributed by atoms with Crippen molar-refractivity contribution < 1.29 is 4.92 Å². The fourth-order valence-corrected chi connectivity index (χ4v) is 3.23. The van der Waals surface area contributed by atoms with E-state index in [1.54, 1.807) is 18.2 Å². The van der Waals surface area contributed by atoms with Crippen molar-refractivity contribution in [3.63, 3.8) is 0 Å². The first-order valence-corrected chi connectivity index (χ1v) is 9.59. The van der Waals surface area contributed by atoms with Crippen molar-refractivity contribution in [1.29, 1.82) is 5.26 Å². The lowest BCUT2D eigenvalue weighted by Crippen LogP contribution is -2.42. The highest BCUT2D eigenvalue weighted by Gasteiger charge is 2.47. The van der Waals surface area contributed by atoms with E-state index in [4.69, 9.17) is 0 Å². The highest BCUT2D eigenvalue weighted by atomic mass is 16.6. The molecule has 2 aromatic rings. The Morgan fingerprint density at radius 1 is 1.03 bits per heavy atom. The first-order chi connectivity index (χ1) is 14.4. The summed E-state index contributed by atoms with van der Waals surface area (Å²) in [6.45, 7) is 0. The Labute approximate surface area is 176 Å². The topological polar surface area (TPSA) is 70.2 Å². The maximum Gasteiger partial charge on any atom is 0.278 e. The number of nitro groups is 1. The molecule has 30 heavy (non-hydrogen) atoms. The van der Waals surface area contributed by atoms with Crippen LogP contribution in [0.15, 0.2) is 90.6 Å². The van der Waals surface area contributed by atoms with Crippen LogP contribution in [0.5, 0.6) is 0 Å². The summed E-state index contributed by atoms with van der Waals surface area (Å²) in [5.74, 6) is -0.912. The van der Waals surface area contributed by atoms with Crippen LogP contribution in [0.1, 0.15) is 11.1 Å². The van der Waals surface area contributed by atoms with E-state index in [1.807, 2.05) is 85.7 Å². The van der Waals surface area contributed by atoms with Crippen LogP contribution in [0.4, 0.5) is 5.69 Å². The first kappa shape index (κ1) is 20.8. The lowest BCUT2D eigenvalue weighted by atomic mass is 9.79. The van der Waals surface area contributed by atoms with Crippen LogP contribution in [0, 0.1) is 27.4 Å². The molecule has 2 aromatic carbocycles. The second kappa shape index (κ2) is 9.06. The van der Waals surface area contributed by atoms with Crippen LogP contribution >= 0.6 is 0 Å². The molecule has 0 saturated carbocycles. The van der Waals surface area contributed by atoms with Crippen molar-refractivity contribution in [2.75, 3.05) is 19.0 Å². The van der Waals surface area contributed by atoms with E-state index in [-0.39, 0.29) is 0 Å². The third-order valence-electron chi connectivity index (χ3n) is 5.08. The standard InChI is InChI=1S/C25H23N3O2/c1-27(2)24-12-10-21(11-13-24)14-16-25(28(29)30)17-15-22(18-23(25)19-26)9-8-20-6-4-3-5-7-20/h3-18,23H,1-2H3. The number of anilines is 1. The van der Waals surface area contributed by atoms with Crippen molar-refractivity contribution in [3.05, 3.63) is 112 Å². The van der Waals surface area contributed by atoms with Crippen LogP contribution < -0.4 is 4.90 Å². The summed E-state index contributed by atoms with van der Waals surface area (Å²) in [4.78, 5) is 13.6. The molecule has 0 saturated heterocycles. The maximum absolute atomic E-state index is 12.0. The fourth-order valence-electron chi connectivity index (χ4n) is 3.23. The Bertz CT molecular complexity index is 1060. The summed E-state index contributed by atoms with van der Waals surface area (Å²) < 4.78 is 0. The highest BCUT2D eigenvalue weighted by Crippen LogP contribution is 2.33. The minimum atomic E-state index is -1.60. The smallest absolute Gasteiger partial charge is 0.278 e. The Balaban J connectivity index is 1.86. The van der Waals surface area contributed by atoms with Crippen LogP contribution in [0.25, 0.3) is 12.2 Å². The number of nitriles is 1. The molecular formula is C25H23N3O2. The zero-order valence-electron chi connectivity index (χ0n) is 17.0. The third-order valence-corrected chi connectivity index (χ3v) is 5.08. The molecule has 5 nitrogen and oxygen atoms in total. The van der Waals surface area contributed by atoms with Gasteiger partial charge < -0.3 is 4.90 Å². The van der Waals surface area contributed by atoms with Gasteiger partial charge in [0.05, 0.1) is 6.07 Å². The Hall–Kier alpha value is -3.91. The van der Waals surface area contributed by atoms with Gasteiger partial charge in [-0.2, -0.15) is 5.26 Å². The SMILES string of the molecule is CN(C)c1ccc(C=CC2([N+](=O)[O-])C=CC(C=Cc3ccccc3)=CC2C#N)cc1. The van der Waals surface area contributed by atoms with Crippen molar-refractivity contribution in [1.82, 2.24) is 0 Å². The predicted molar refractivity (Wildman–Crippen MR) is 121 cm³/mol. The minimum absolute atomic E-state index is 0.393. The van der Waals surface area contributed by atoms with Gasteiger partial charge in [0, 0.05) is 24.7 Å². The lowest BCUT2D eigenvalue weighted by molar-refractivity contribution is -0.545. The van der Waals surface area contributed by atoms with Gasteiger partial charge in [-0.15, -0.1) is 0 Å². The van der Waals surface area contributed by atoms with Gasteiger partial charge in [-0.05, 0) is 41.0 Å². The highest BCUT2D eigenvalue weighted by molar-refractivity contribution is 5.59. The summed E-state index contributed by atoms with van der Waals surface area (Å²) in [6, 6.07) is 19.6. The second-order valence-electron chi connectivity index (χ2n) is 7.31. The molecule has 0 heterocycles. The normalized spacial score (nSPS) is 20.8. The third kappa shape index (κ3) is 4.56. The molecule has 1 aliphatic carbocycles. The summed E-state index contributed by atoms with van der Waals surface area (Å²) in [6.07, 6.45) is 11.9. The molecule has 0 aliphatic heterocycles. The van der Waals surface area contributed by atoms with Crippen LogP contribution in [-0.2, 0) is 0 Å². The monoisotopic (exact) mass is 397 g/mol. The average Bonchev–Trinajstić information content (AvgIpc) is 2.77. The molecule has 0 amide bonds. The van der Waals surface area contributed by atoms with Crippen molar-refractivity contribution >= 4 is 17.8 Å². The van der Waals surface area contributed by atoms with E-state index in [1.165, 1.54) is 12.2 Å². The number of benzene rings is 2. The summed E-state index contributed by atoms with van der Waals surface area (Å²) in [5.41, 5.74) is 2.07. The fraction of sp³-hybridized carbons (Fsp3) is 0.160. The molecule has 0 radical (unpaired) electrons. The number of hydrogen-bond donors (Lipinski definition) is 0. The Morgan fingerprint density at radius 2 is 1.70 bits per heavy atom. The van der Waals surface area contributed by atoms with E-state index in [9.17, 15) is 15.4 Å². The largest absolute Gasteiger partial charge is 0.378 e. The summed E-state index contributed by atoms with van der Waals surface area (Å²) >= 11 is 0. The zero-order chi connectivity index (χ0) is 21.6. The zero-order valence-corrected chi connectivity index (χ0v) is 17.0. The number of nitrogens with zero attached hydrogens (tertiary/aromatic N) is 3. The maximum atomic E-state index is 12.0. The molecule has 0 N–H and O–H groups in total. The van der Waals surface area contributed by atoms with Gasteiger partial charge in [0.1, 0.15) is 5.92 Å². The van der Waals surface area contributed by atoms with Gasteiger partial charge in [-0.1, -0.05) is 72.8 Å². The second-order valence-corrected chi connectivity index (χ2v) is 7.31. The van der Waals surface area contributed by atoms with Crippen molar-refractivity contribution in [2.24, 2.45) is 5.92 Å². The summed E-state index contributed by atoms with van der Waals surface area (Å²) in [5, 5.41) is 21.7. The quantitative estimate of drug-likeness (QED) is 0.500. The van der Waals surface area contributed by atoms with Crippen LogP contribution in [-0.4, -0.2) is 24.6 Å². The van der Waals surface area contributed by atoms with Gasteiger partial charge in [0.15, 0.2) is 0 Å². The molecule has 5 heteroatoms. The molecule has 0 spiro atoms. The molecule has 150 valence electrons. The average molecular weight is 397 g/mol. The van der Waals surface area contributed by atoms with Gasteiger partial charge in [0.2, 0.25) is 0 Å². The van der Waals surface area contributed by atoms with E-state index >= 15 is 0 Å². The molecule has 2 atom stereocenters. The molecule has 1 aliphatic rings. The van der Waals surface area contributed by atoms with E-state index < -0.39 is 16.4 Å². The Morgan fingerprint density at radius 3 is 2.30 bits per heavy atom. The number of allylic oxidation sites excluding steroid dienone is 3. The Kier molecular flexibility index (Phi) is 6.29. The lowest BCUT2D eigenvalue weighted by Gasteiger charge is -2.24. The van der Waals surface area contributed by atoms with Crippen molar-refractivity contribution in [2.45, 2.75) is 5.54 Å². The van der Waals surface area contributed by atoms with E-state index in [0.29, 0.717) is 0 Å². The minimum Gasteiger partial charge on any atom is -0.378 e.